The van der Waals surface area contributed by atoms with E-state index >= 15 is 0 Å². The molecule has 2 aromatic rings. The number of benzene rings is 1. The third-order valence-corrected chi connectivity index (χ3v) is 3.16. The maximum absolute atomic E-state index is 13.2. The van der Waals surface area contributed by atoms with Crippen molar-refractivity contribution in [2.24, 2.45) is 0 Å². The van der Waals surface area contributed by atoms with E-state index in [4.69, 9.17) is 5.11 Å². The summed E-state index contributed by atoms with van der Waals surface area (Å²) < 4.78 is 13.2. The number of hydrogen-bond acceptors (Lipinski definition) is 4. The molecular formula is C12H9FN2O2S. The van der Waals surface area contributed by atoms with Gasteiger partial charge in [-0.1, -0.05) is 0 Å². The van der Waals surface area contributed by atoms with Crippen molar-refractivity contribution >= 4 is 17.7 Å². The SMILES string of the molecule is O=C(O)c1cc(F)cc(CSc2ccncn2)c1. The van der Waals surface area contributed by atoms with Crippen molar-refractivity contribution in [3.63, 3.8) is 0 Å². The van der Waals surface area contributed by atoms with Gasteiger partial charge in [0.25, 0.3) is 0 Å². The predicted molar refractivity (Wildman–Crippen MR) is 65.0 cm³/mol. The Hall–Kier alpha value is -1.95. The molecule has 0 aliphatic heterocycles. The van der Waals surface area contributed by atoms with E-state index in [-0.39, 0.29) is 5.56 Å². The van der Waals surface area contributed by atoms with Crippen LogP contribution in [0.15, 0.2) is 41.8 Å². The van der Waals surface area contributed by atoms with Crippen LogP contribution in [0, 0.1) is 5.82 Å². The fraction of sp³-hybridized carbons (Fsp3) is 0.0833. The van der Waals surface area contributed by atoms with Crippen molar-refractivity contribution in [2.45, 2.75) is 10.8 Å². The van der Waals surface area contributed by atoms with E-state index in [9.17, 15) is 9.18 Å². The van der Waals surface area contributed by atoms with E-state index in [2.05, 4.69) is 9.97 Å². The molecule has 4 nitrogen and oxygen atoms in total. The number of carbonyl (C=O) groups is 1. The molecule has 0 atom stereocenters. The van der Waals surface area contributed by atoms with Crippen LogP contribution in [0.1, 0.15) is 15.9 Å². The van der Waals surface area contributed by atoms with E-state index < -0.39 is 11.8 Å². The van der Waals surface area contributed by atoms with Crippen LogP contribution in [-0.2, 0) is 5.75 Å². The number of halogens is 1. The van der Waals surface area contributed by atoms with Crippen LogP contribution in [0.2, 0.25) is 0 Å². The molecule has 0 bridgehead atoms. The van der Waals surface area contributed by atoms with Crippen LogP contribution in [-0.4, -0.2) is 21.0 Å². The van der Waals surface area contributed by atoms with Crippen molar-refractivity contribution in [3.8, 4) is 0 Å². The minimum Gasteiger partial charge on any atom is -0.478 e. The fourth-order valence-corrected chi connectivity index (χ4v) is 2.14. The maximum Gasteiger partial charge on any atom is 0.335 e. The predicted octanol–water partition coefficient (Wildman–Crippen LogP) is 2.61. The van der Waals surface area contributed by atoms with Crippen LogP contribution in [0.4, 0.5) is 4.39 Å². The highest BCUT2D eigenvalue weighted by Gasteiger charge is 2.07. The minimum absolute atomic E-state index is 0.0479. The summed E-state index contributed by atoms with van der Waals surface area (Å²) >= 11 is 1.39. The van der Waals surface area contributed by atoms with Crippen molar-refractivity contribution in [3.05, 3.63) is 53.7 Å². The largest absolute Gasteiger partial charge is 0.478 e. The van der Waals surface area contributed by atoms with E-state index in [0.717, 1.165) is 11.1 Å². The van der Waals surface area contributed by atoms with Crippen LogP contribution in [0.5, 0.6) is 0 Å². The molecule has 0 aliphatic rings. The highest BCUT2D eigenvalue weighted by molar-refractivity contribution is 7.98. The normalized spacial score (nSPS) is 10.3. The van der Waals surface area contributed by atoms with Gasteiger partial charge < -0.3 is 5.11 Å². The first-order chi connectivity index (χ1) is 8.65. The molecule has 1 aromatic heterocycles. The van der Waals surface area contributed by atoms with Gasteiger partial charge in [-0.05, 0) is 29.8 Å². The van der Waals surface area contributed by atoms with Gasteiger partial charge in [-0.25, -0.2) is 19.2 Å². The second-order valence-electron chi connectivity index (χ2n) is 3.49. The monoisotopic (exact) mass is 264 g/mol. The van der Waals surface area contributed by atoms with Crippen LogP contribution in [0.25, 0.3) is 0 Å². The molecule has 2 rings (SSSR count). The number of carboxylic acids is 1. The molecule has 1 N–H and O–H groups in total. The summed E-state index contributed by atoms with van der Waals surface area (Å²) in [5, 5.41) is 9.58. The van der Waals surface area contributed by atoms with Gasteiger partial charge in [-0.2, -0.15) is 0 Å². The third kappa shape index (κ3) is 3.27. The molecule has 0 spiro atoms. The molecule has 0 unspecified atom stereocenters. The molecule has 18 heavy (non-hydrogen) atoms. The molecule has 0 radical (unpaired) electrons. The average Bonchev–Trinajstić information content (AvgIpc) is 2.37. The number of nitrogens with zero attached hydrogens (tertiary/aromatic N) is 2. The Balaban J connectivity index is 2.12. The zero-order valence-corrected chi connectivity index (χ0v) is 10.0. The summed E-state index contributed by atoms with van der Waals surface area (Å²) in [6.07, 6.45) is 3.04. The molecular weight excluding hydrogens is 255 g/mol. The Kier molecular flexibility index (Phi) is 3.88. The minimum atomic E-state index is -1.14. The van der Waals surface area contributed by atoms with E-state index in [1.54, 1.807) is 12.3 Å². The first kappa shape index (κ1) is 12.5. The third-order valence-electron chi connectivity index (χ3n) is 2.15. The fourth-order valence-electron chi connectivity index (χ4n) is 1.38. The standard InChI is InChI=1S/C12H9FN2O2S/c13-10-4-8(3-9(5-10)12(16)17)6-18-11-1-2-14-7-15-11/h1-5,7H,6H2,(H,16,17). The lowest BCUT2D eigenvalue weighted by molar-refractivity contribution is 0.0696. The Labute approximate surface area is 107 Å². The Morgan fingerprint density at radius 1 is 1.39 bits per heavy atom. The molecule has 6 heteroatoms. The Bertz CT molecular complexity index is 563. The first-order valence-corrected chi connectivity index (χ1v) is 6.05. The molecule has 0 amide bonds. The molecule has 0 fully saturated rings. The molecule has 0 saturated carbocycles. The van der Waals surface area contributed by atoms with Gasteiger partial charge in [-0.15, -0.1) is 11.8 Å². The van der Waals surface area contributed by atoms with Gasteiger partial charge in [0.1, 0.15) is 12.1 Å². The smallest absolute Gasteiger partial charge is 0.335 e. The molecule has 0 aliphatic carbocycles. The zero-order valence-electron chi connectivity index (χ0n) is 9.21. The van der Waals surface area contributed by atoms with Gasteiger partial charge in [-0.3, -0.25) is 0 Å². The topological polar surface area (TPSA) is 63.1 Å². The number of carboxylic acid groups (broad SMARTS) is 1. The number of aromatic carboxylic acids is 1. The summed E-state index contributed by atoms with van der Waals surface area (Å²) in [5.41, 5.74) is 0.560. The lowest BCUT2D eigenvalue weighted by Crippen LogP contribution is -1.98. The highest BCUT2D eigenvalue weighted by Crippen LogP contribution is 2.21. The van der Waals surface area contributed by atoms with Crippen LogP contribution >= 0.6 is 11.8 Å². The lowest BCUT2D eigenvalue weighted by atomic mass is 10.1. The van der Waals surface area contributed by atoms with Crippen molar-refractivity contribution in [1.29, 1.82) is 0 Å². The summed E-state index contributed by atoms with van der Waals surface area (Å²) in [7, 11) is 0. The van der Waals surface area contributed by atoms with E-state index in [1.807, 2.05) is 0 Å². The van der Waals surface area contributed by atoms with Crippen molar-refractivity contribution in [2.75, 3.05) is 0 Å². The van der Waals surface area contributed by atoms with Gasteiger partial charge in [0.15, 0.2) is 0 Å². The molecule has 0 saturated heterocycles. The molecule has 92 valence electrons. The van der Waals surface area contributed by atoms with Crippen molar-refractivity contribution < 1.29 is 14.3 Å². The number of hydrogen-bond donors (Lipinski definition) is 1. The number of rotatable bonds is 4. The zero-order chi connectivity index (χ0) is 13.0. The lowest BCUT2D eigenvalue weighted by Gasteiger charge is -2.03. The Morgan fingerprint density at radius 2 is 2.22 bits per heavy atom. The van der Waals surface area contributed by atoms with E-state index in [1.165, 1.54) is 30.2 Å². The van der Waals surface area contributed by atoms with Crippen LogP contribution in [0.3, 0.4) is 0 Å². The average molecular weight is 264 g/mol. The second-order valence-corrected chi connectivity index (χ2v) is 4.49. The van der Waals surface area contributed by atoms with Crippen LogP contribution < -0.4 is 0 Å². The second kappa shape index (κ2) is 5.59. The Morgan fingerprint density at radius 3 is 2.89 bits per heavy atom. The highest BCUT2D eigenvalue weighted by atomic mass is 32.2. The summed E-state index contributed by atoms with van der Waals surface area (Å²) in [6, 6.07) is 5.52. The van der Waals surface area contributed by atoms with E-state index in [0.29, 0.717) is 11.3 Å². The number of aromatic nitrogens is 2. The van der Waals surface area contributed by atoms with Gasteiger partial charge in [0, 0.05) is 11.9 Å². The number of thioether (sulfide) groups is 1. The van der Waals surface area contributed by atoms with Gasteiger partial charge in [0.2, 0.25) is 0 Å². The van der Waals surface area contributed by atoms with Crippen molar-refractivity contribution in [1.82, 2.24) is 9.97 Å². The quantitative estimate of drug-likeness (QED) is 0.679. The van der Waals surface area contributed by atoms with Gasteiger partial charge in [0.05, 0.1) is 10.6 Å². The molecule has 1 aromatic carbocycles. The summed E-state index contributed by atoms with van der Waals surface area (Å²) in [5.74, 6) is -1.23. The molecule has 1 heterocycles. The van der Waals surface area contributed by atoms with Gasteiger partial charge >= 0.3 is 5.97 Å². The maximum atomic E-state index is 13.2. The summed E-state index contributed by atoms with van der Waals surface area (Å²) in [6.45, 7) is 0. The summed E-state index contributed by atoms with van der Waals surface area (Å²) in [4.78, 5) is 18.6. The first-order valence-electron chi connectivity index (χ1n) is 5.07.